The van der Waals surface area contributed by atoms with Crippen LogP contribution in [0.25, 0.3) is 5.57 Å². The second-order valence-electron chi connectivity index (χ2n) is 4.23. The van der Waals surface area contributed by atoms with Crippen LogP contribution in [0.15, 0.2) is 35.9 Å². The van der Waals surface area contributed by atoms with Crippen LogP contribution < -0.4 is 5.32 Å². The minimum Gasteiger partial charge on any atom is -0.352 e. The summed E-state index contributed by atoms with van der Waals surface area (Å²) in [5.41, 5.74) is 2.95. The number of carbonyl (C=O) groups excluding carboxylic acids is 1. The molecule has 17 heavy (non-hydrogen) atoms. The Bertz CT molecular complexity index is 393. The van der Waals surface area contributed by atoms with Gasteiger partial charge >= 0.3 is 0 Å². The van der Waals surface area contributed by atoms with Crippen molar-refractivity contribution in [2.45, 2.75) is 33.6 Å². The minimum absolute atomic E-state index is 0.0415. The lowest BCUT2D eigenvalue weighted by molar-refractivity contribution is -0.117. The second-order valence-corrected chi connectivity index (χ2v) is 4.23. The number of hydrogen-bond acceptors (Lipinski definition) is 1. The van der Waals surface area contributed by atoms with Gasteiger partial charge in [0.25, 0.3) is 0 Å². The fraction of sp³-hybridized carbons (Fsp3) is 0.400. The molecule has 1 amide bonds. The van der Waals surface area contributed by atoms with E-state index in [0.29, 0.717) is 0 Å². The highest BCUT2D eigenvalue weighted by Gasteiger charge is 2.07. The van der Waals surface area contributed by atoms with Crippen LogP contribution in [0.2, 0.25) is 0 Å². The van der Waals surface area contributed by atoms with Crippen molar-refractivity contribution in [3.63, 3.8) is 0 Å². The maximum Gasteiger partial charge on any atom is 0.247 e. The molecule has 1 rings (SSSR count). The number of hydrogen-bond donors (Lipinski definition) is 1. The Morgan fingerprint density at radius 3 is 2.41 bits per heavy atom. The van der Waals surface area contributed by atoms with E-state index in [1.807, 2.05) is 44.2 Å². The zero-order chi connectivity index (χ0) is 12.7. The molecule has 0 saturated carbocycles. The highest BCUT2D eigenvalue weighted by atomic mass is 16.1. The van der Waals surface area contributed by atoms with Crippen LogP contribution in [0.3, 0.4) is 0 Å². The molecule has 0 radical (unpaired) electrons. The third kappa shape index (κ3) is 4.06. The Kier molecular flexibility index (Phi) is 5.47. The molecule has 0 aliphatic carbocycles. The van der Waals surface area contributed by atoms with E-state index in [2.05, 4.69) is 12.2 Å². The van der Waals surface area contributed by atoms with Gasteiger partial charge in [-0.3, -0.25) is 4.79 Å². The van der Waals surface area contributed by atoms with Crippen molar-refractivity contribution in [1.29, 1.82) is 0 Å². The summed E-state index contributed by atoms with van der Waals surface area (Å²) >= 11 is 0. The monoisotopic (exact) mass is 231 g/mol. The van der Waals surface area contributed by atoms with E-state index in [1.165, 1.54) is 0 Å². The van der Waals surface area contributed by atoms with Crippen molar-refractivity contribution >= 4 is 11.5 Å². The molecule has 1 N–H and O–H groups in total. The second kappa shape index (κ2) is 6.89. The van der Waals surface area contributed by atoms with Crippen molar-refractivity contribution in [2.24, 2.45) is 0 Å². The molecule has 0 bridgehead atoms. The summed E-state index contributed by atoms with van der Waals surface area (Å²) in [6.45, 7) is 6.74. The molecule has 2 heteroatoms. The third-order valence-electron chi connectivity index (χ3n) is 2.93. The van der Waals surface area contributed by atoms with Gasteiger partial charge in [-0.1, -0.05) is 43.7 Å². The standard InChI is InChI=1S/C15H21NO/c1-4-5-11-16-15(17)13(3)12(2)14-9-7-6-8-10-14/h6-10H,4-5,11H2,1-3H3,(H,16,17)/b13-12-. The van der Waals surface area contributed by atoms with E-state index in [0.717, 1.165) is 36.1 Å². The first kappa shape index (κ1) is 13.5. The third-order valence-corrected chi connectivity index (χ3v) is 2.93. The number of amides is 1. The molecule has 0 spiro atoms. The molecule has 0 aromatic heterocycles. The molecule has 0 heterocycles. The topological polar surface area (TPSA) is 29.1 Å². The van der Waals surface area contributed by atoms with Crippen LogP contribution in [0.1, 0.15) is 39.2 Å². The lowest BCUT2D eigenvalue weighted by Gasteiger charge is -2.09. The first-order valence-electron chi connectivity index (χ1n) is 6.18. The summed E-state index contributed by atoms with van der Waals surface area (Å²) in [6, 6.07) is 10.0. The predicted octanol–water partition coefficient (Wildman–Crippen LogP) is 3.40. The number of benzene rings is 1. The molecular weight excluding hydrogens is 210 g/mol. The zero-order valence-corrected chi connectivity index (χ0v) is 10.9. The lowest BCUT2D eigenvalue weighted by atomic mass is 10.0. The van der Waals surface area contributed by atoms with Crippen LogP contribution in [0, 0.1) is 0 Å². The normalized spacial score (nSPS) is 11.9. The molecule has 1 aromatic rings. The van der Waals surface area contributed by atoms with Gasteiger partial charge in [-0.15, -0.1) is 0 Å². The van der Waals surface area contributed by atoms with Gasteiger partial charge in [0, 0.05) is 12.1 Å². The van der Waals surface area contributed by atoms with Gasteiger partial charge in [0.15, 0.2) is 0 Å². The van der Waals surface area contributed by atoms with Gasteiger partial charge in [0.1, 0.15) is 0 Å². The average Bonchev–Trinajstić information content (AvgIpc) is 2.38. The SMILES string of the molecule is CCCCNC(=O)/C(C)=C(/C)c1ccccc1. The van der Waals surface area contributed by atoms with E-state index in [9.17, 15) is 4.79 Å². The summed E-state index contributed by atoms with van der Waals surface area (Å²) in [5.74, 6) is 0.0415. The number of rotatable bonds is 5. The van der Waals surface area contributed by atoms with Crippen LogP contribution >= 0.6 is 0 Å². The van der Waals surface area contributed by atoms with Gasteiger partial charge in [0.2, 0.25) is 5.91 Å². The highest BCUT2D eigenvalue weighted by Crippen LogP contribution is 2.17. The Balaban J connectivity index is 2.72. The molecule has 0 fully saturated rings. The van der Waals surface area contributed by atoms with Gasteiger partial charge in [0.05, 0.1) is 0 Å². The molecule has 0 unspecified atom stereocenters. The maximum atomic E-state index is 11.9. The van der Waals surface area contributed by atoms with Crippen LogP contribution in [0.5, 0.6) is 0 Å². The van der Waals surface area contributed by atoms with E-state index in [1.54, 1.807) is 0 Å². The summed E-state index contributed by atoms with van der Waals surface area (Å²) in [4.78, 5) is 11.9. The Hall–Kier alpha value is -1.57. The fourth-order valence-electron chi connectivity index (χ4n) is 1.59. The van der Waals surface area contributed by atoms with Gasteiger partial charge in [-0.2, -0.15) is 0 Å². The Morgan fingerprint density at radius 2 is 1.82 bits per heavy atom. The molecule has 1 aromatic carbocycles. The Labute approximate surface area is 104 Å². The quantitative estimate of drug-likeness (QED) is 0.610. The summed E-state index contributed by atoms with van der Waals surface area (Å²) < 4.78 is 0. The van der Waals surface area contributed by atoms with Gasteiger partial charge in [-0.25, -0.2) is 0 Å². The van der Waals surface area contributed by atoms with Crippen molar-refractivity contribution < 1.29 is 4.79 Å². The Morgan fingerprint density at radius 1 is 1.18 bits per heavy atom. The van der Waals surface area contributed by atoms with E-state index in [-0.39, 0.29) is 5.91 Å². The van der Waals surface area contributed by atoms with Crippen molar-refractivity contribution in [3.8, 4) is 0 Å². The molecule has 0 aliphatic heterocycles. The minimum atomic E-state index is 0.0415. The van der Waals surface area contributed by atoms with Gasteiger partial charge in [-0.05, 0) is 31.4 Å². The van der Waals surface area contributed by atoms with Crippen molar-refractivity contribution in [2.75, 3.05) is 6.54 Å². The zero-order valence-electron chi connectivity index (χ0n) is 10.9. The molecule has 92 valence electrons. The van der Waals surface area contributed by atoms with Crippen molar-refractivity contribution in [3.05, 3.63) is 41.5 Å². The first-order valence-corrected chi connectivity index (χ1v) is 6.18. The number of carbonyl (C=O) groups is 1. The predicted molar refractivity (Wildman–Crippen MR) is 72.6 cm³/mol. The lowest BCUT2D eigenvalue weighted by Crippen LogP contribution is -2.25. The molecular formula is C15H21NO. The smallest absolute Gasteiger partial charge is 0.247 e. The van der Waals surface area contributed by atoms with E-state index >= 15 is 0 Å². The van der Waals surface area contributed by atoms with Crippen LogP contribution in [0.4, 0.5) is 0 Å². The number of unbranched alkanes of at least 4 members (excludes halogenated alkanes) is 1. The van der Waals surface area contributed by atoms with Crippen LogP contribution in [-0.4, -0.2) is 12.5 Å². The van der Waals surface area contributed by atoms with Crippen molar-refractivity contribution in [1.82, 2.24) is 5.32 Å². The molecule has 0 atom stereocenters. The summed E-state index contributed by atoms with van der Waals surface area (Å²) in [7, 11) is 0. The van der Waals surface area contributed by atoms with E-state index in [4.69, 9.17) is 0 Å². The maximum absolute atomic E-state index is 11.9. The van der Waals surface area contributed by atoms with E-state index < -0.39 is 0 Å². The molecule has 0 saturated heterocycles. The highest BCUT2D eigenvalue weighted by molar-refractivity contribution is 6.00. The summed E-state index contributed by atoms with van der Waals surface area (Å²) in [5, 5.41) is 2.94. The van der Waals surface area contributed by atoms with Crippen LogP contribution in [-0.2, 0) is 4.79 Å². The molecule has 2 nitrogen and oxygen atoms in total. The van der Waals surface area contributed by atoms with Gasteiger partial charge < -0.3 is 5.32 Å². The fourth-order valence-corrected chi connectivity index (χ4v) is 1.59. The average molecular weight is 231 g/mol. The largest absolute Gasteiger partial charge is 0.352 e. The molecule has 0 aliphatic rings. The number of allylic oxidation sites excluding steroid dienone is 1. The first-order chi connectivity index (χ1) is 8.16. The summed E-state index contributed by atoms with van der Waals surface area (Å²) in [6.07, 6.45) is 2.13. The number of nitrogens with one attached hydrogen (secondary N) is 1.